The van der Waals surface area contributed by atoms with Crippen molar-refractivity contribution in [3.8, 4) is 45.6 Å². The molecular formula is C38H34N12O2S2. The number of benzene rings is 4. The molecule has 4 heterocycles. The average Bonchev–Trinajstić information content (AvgIpc) is 4.01. The molecule has 270 valence electrons. The molecule has 4 aromatic heterocycles. The SMILES string of the molecule is COc1ccc(-n2ncc(-c3nnn(Cc4cccc(C)c4)n3)c2SSc2c(-c3nnn(Cc4cccc(C)c4)n3)cnn2-c2ccc(OC)cc2)cc1. The van der Waals surface area contributed by atoms with Crippen LogP contribution in [-0.2, 0) is 13.1 Å². The summed E-state index contributed by atoms with van der Waals surface area (Å²) in [5.74, 6) is 2.39. The van der Waals surface area contributed by atoms with E-state index in [0.717, 1.165) is 55.2 Å². The first-order valence-corrected chi connectivity index (χ1v) is 19.1. The maximum absolute atomic E-state index is 5.42. The van der Waals surface area contributed by atoms with Gasteiger partial charge in [-0.15, -0.1) is 20.4 Å². The van der Waals surface area contributed by atoms with Gasteiger partial charge in [-0.2, -0.15) is 19.8 Å². The summed E-state index contributed by atoms with van der Waals surface area (Å²) in [7, 11) is 6.27. The number of aromatic nitrogens is 12. The third-order valence-electron chi connectivity index (χ3n) is 8.48. The minimum absolute atomic E-state index is 0.454. The monoisotopic (exact) mass is 754 g/mol. The van der Waals surface area contributed by atoms with E-state index in [1.54, 1.807) is 36.2 Å². The zero-order chi connectivity index (χ0) is 37.0. The molecule has 4 aromatic carbocycles. The Morgan fingerprint density at radius 3 is 1.37 bits per heavy atom. The minimum atomic E-state index is 0.454. The Hall–Kier alpha value is -6.26. The topological polar surface area (TPSA) is 141 Å². The fourth-order valence-electron chi connectivity index (χ4n) is 5.82. The van der Waals surface area contributed by atoms with Crippen LogP contribution in [0.15, 0.2) is 120 Å². The van der Waals surface area contributed by atoms with Gasteiger partial charge in [0, 0.05) is 0 Å². The van der Waals surface area contributed by atoms with Crippen molar-refractivity contribution in [1.29, 1.82) is 0 Å². The Labute approximate surface area is 318 Å². The van der Waals surface area contributed by atoms with E-state index in [2.05, 4.69) is 70.9 Å². The molecule has 0 aliphatic heterocycles. The van der Waals surface area contributed by atoms with Gasteiger partial charge in [0.1, 0.15) is 21.6 Å². The molecule has 16 heteroatoms. The molecule has 0 atom stereocenters. The molecule has 0 bridgehead atoms. The van der Waals surface area contributed by atoms with Crippen LogP contribution in [0.25, 0.3) is 34.2 Å². The lowest BCUT2D eigenvalue weighted by Crippen LogP contribution is -2.04. The third kappa shape index (κ3) is 7.47. The first kappa shape index (κ1) is 34.8. The maximum atomic E-state index is 5.42. The summed E-state index contributed by atoms with van der Waals surface area (Å²) in [6.07, 6.45) is 3.53. The lowest BCUT2D eigenvalue weighted by atomic mass is 10.1. The van der Waals surface area contributed by atoms with Gasteiger partial charge in [-0.3, -0.25) is 0 Å². The molecule has 0 saturated carbocycles. The van der Waals surface area contributed by atoms with Gasteiger partial charge >= 0.3 is 0 Å². The fourth-order valence-corrected chi connectivity index (χ4v) is 8.33. The predicted molar refractivity (Wildman–Crippen MR) is 206 cm³/mol. The van der Waals surface area contributed by atoms with E-state index in [9.17, 15) is 0 Å². The zero-order valence-corrected chi connectivity index (χ0v) is 31.4. The van der Waals surface area contributed by atoms with E-state index in [-0.39, 0.29) is 0 Å². The number of hydrogen-bond donors (Lipinski definition) is 0. The summed E-state index contributed by atoms with van der Waals surface area (Å²) < 4.78 is 14.6. The maximum Gasteiger partial charge on any atom is 0.209 e. The van der Waals surface area contributed by atoms with Crippen molar-refractivity contribution in [1.82, 2.24) is 60.0 Å². The Bertz CT molecular complexity index is 2350. The van der Waals surface area contributed by atoms with Gasteiger partial charge in [-0.1, -0.05) is 59.7 Å². The van der Waals surface area contributed by atoms with Crippen molar-refractivity contribution in [2.75, 3.05) is 14.2 Å². The molecule has 0 amide bonds. The predicted octanol–water partition coefficient (Wildman–Crippen LogP) is 6.90. The second-order valence-corrected chi connectivity index (χ2v) is 14.5. The van der Waals surface area contributed by atoms with Gasteiger partial charge in [-0.25, -0.2) is 9.36 Å². The Morgan fingerprint density at radius 2 is 0.981 bits per heavy atom. The first-order chi connectivity index (χ1) is 26.4. The van der Waals surface area contributed by atoms with Gasteiger partial charge in [-0.05, 0) is 106 Å². The quantitative estimate of drug-likeness (QED) is 0.113. The normalized spacial score (nSPS) is 11.3. The van der Waals surface area contributed by atoms with Gasteiger partial charge in [0.25, 0.3) is 0 Å². The molecule has 0 radical (unpaired) electrons. The van der Waals surface area contributed by atoms with E-state index in [4.69, 9.17) is 29.9 Å². The number of tetrazole rings is 2. The smallest absolute Gasteiger partial charge is 0.209 e. The van der Waals surface area contributed by atoms with Gasteiger partial charge in [0.05, 0.1) is 62.2 Å². The van der Waals surface area contributed by atoms with Gasteiger partial charge < -0.3 is 9.47 Å². The molecule has 14 nitrogen and oxygen atoms in total. The zero-order valence-electron chi connectivity index (χ0n) is 29.8. The second-order valence-electron chi connectivity index (χ2n) is 12.4. The highest BCUT2D eigenvalue weighted by atomic mass is 33.1. The van der Waals surface area contributed by atoms with Gasteiger partial charge in [0.15, 0.2) is 0 Å². The summed E-state index contributed by atoms with van der Waals surface area (Å²) in [6.45, 7) is 5.10. The summed E-state index contributed by atoms with van der Waals surface area (Å²) in [4.78, 5) is 3.19. The van der Waals surface area contributed by atoms with Crippen LogP contribution >= 0.6 is 21.6 Å². The lowest BCUT2D eigenvalue weighted by molar-refractivity contribution is 0.414. The third-order valence-corrected chi connectivity index (χ3v) is 10.9. The summed E-state index contributed by atoms with van der Waals surface area (Å²) in [5, 5.41) is 38.4. The van der Waals surface area contributed by atoms with Crippen molar-refractivity contribution < 1.29 is 9.47 Å². The average molecular weight is 755 g/mol. The van der Waals surface area contributed by atoms with E-state index in [1.165, 1.54) is 32.7 Å². The standard InChI is InChI=1S/C38H34N12O2S2/c1-25-7-5-9-27(19-25)23-47-43-35(41-45-47)33-21-39-49(29-11-15-31(51-3)16-12-29)37(33)53-54-38-34(22-40-50(38)30-13-17-32(52-4)18-14-30)36-42-46-48(44-36)24-28-10-6-8-26(2)20-28/h5-22H,23-24H2,1-4H3. The number of aryl methyl sites for hydroxylation is 2. The van der Waals surface area contributed by atoms with Crippen molar-refractivity contribution >= 4 is 21.6 Å². The molecular weight excluding hydrogens is 721 g/mol. The summed E-state index contributed by atoms with van der Waals surface area (Å²) in [5.41, 5.74) is 7.62. The van der Waals surface area contributed by atoms with Crippen molar-refractivity contribution in [2.45, 2.75) is 37.0 Å². The van der Waals surface area contributed by atoms with Crippen LogP contribution in [0.4, 0.5) is 0 Å². The van der Waals surface area contributed by atoms with Crippen LogP contribution in [0.5, 0.6) is 11.5 Å². The highest BCUT2D eigenvalue weighted by Gasteiger charge is 2.24. The minimum Gasteiger partial charge on any atom is -0.497 e. The van der Waals surface area contributed by atoms with Crippen molar-refractivity contribution in [3.05, 3.63) is 132 Å². The second kappa shape index (κ2) is 15.4. The highest BCUT2D eigenvalue weighted by molar-refractivity contribution is 8.76. The summed E-state index contributed by atoms with van der Waals surface area (Å²) in [6, 6.07) is 31.9. The van der Waals surface area contributed by atoms with E-state index >= 15 is 0 Å². The molecule has 0 spiro atoms. The fraction of sp³-hybridized carbons (Fsp3) is 0.158. The Morgan fingerprint density at radius 1 is 0.556 bits per heavy atom. The summed E-state index contributed by atoms with van der Waals surface area (Å²) >= 11 is 0. The first-order valence-electron chi connectivity index (χ1n) is 16.9. The van der Waals surface area contributed by atoms with Crippen LogP contribution in [0.1, 0.15) is 22.3 Å². The number of methoxy groups -OCH3 is 2. The molecule has 0 aliphatic carbocycles. The van der Waals surface area contributed by atoms with E-state index in [1.807, 2.05) is 70.0 Å². The number of hydrogen-bond acceptors (Lipinski definition) is 12. The number of ether oxygens (including phenoxy) is 2. The molecule has 0 N–H and O–H groups in total. The molecule has 8 aromatic rings. The van der Waals surface area contributed by atoms with Crippen molar-refractivity contribution in [2.24, 2.45) is 0 Å². The van der Waals surface area contributed by atoms with Crippen LogP contribution < -0.4 is 9.47 Å². The van der Waals surface area contributed by atoms with Crippen LogP contribution in [0.3, 0.4) is 0 Å². The number of nitrogens with zero attached hydrogens (tertiary/aromatic N) is 12. The molecule has 0 unspecified atom stereocenters. The van der Waals surface area contributed by atoms with Gasteiger partial charge in [0.2, 0.25) is 11.6 Å². The lowest BCUT2D eigenvalue weighted by Gasteiger charge is -2.11. The largest absolute Gasteiger partial charge is 0.497 e. The van der Waals surface area contributed by atoms with Crippen molar-refractivity contribution in [3.63, 3.8) is 0 Å². The Kier molecular flexibility index (Phi) is 9.91. The van der Waals surface area contributed by atoms with Crippen LogP contribution in [0, 0.1) is 13.8 Å². The molecule has 0 aliphatic rings. The molecule has 54 heavy (non-hydrogen) atoms. The Balaban J connectivity index is 1.16. The molecule has 0 saturated heterocycles. The highest BCUT2D eigenvalue weighted by Crippen LogP contribution is 2.46. The molecule has 8 rings (SSSR count). The van der Waals surface area contributed by atoms with Crippen LogP contribution in [0.2, 0.25) is 0 Å². The molecule has 0 fully saturated rings. The number of rotatable bonds is 13. The van der Waals surface area contributed by atoms with Crippen LogP contribution in [-0.4, -0.2) is 74.2 Å². The van der Waals surface area contributed by atoms with E-state index in [0.29, 0.717) is 24.7 Å². The van der Waals surface area contributed by atoms with E-state index < -0.39 is 0 Å².